The maximum absolute atomic E-state index is 12.4. The average Bonchev–Trinajstić information content (AvgIpc) is 3.08. The largest absolute Gasteiger partial charge is 0.492 e. The van der Waals surface area contributed by atoms with E-state index in [9.17, 15) is 14.3 Å². The molecule has 3 N–H and O–H groups in total. The van der Waals surface area contributed by atoms with Gasteiger partial charge in [0.1, 0.15) is 6.61 Å². The first-order chi connectivity index (χ1) is 23.4. The van der Waals surface area contributed by atoms with E-state index in [1.165, 1.54) is 148 Å². The molecule has 0 rings (SSSR count). The van der Waals surface area contributed by atoms with Crippen molar-refractivity contribution in [2.75, 3.05) is 26.4 Å². The van der Waals surface area contributed by atoms with Crippen molar-refractivity contribution < 1.29 is 32.8 Å². The van der Waals surface area contributed by atoms with Crippen molar-refractivity contribution in [3.63, 3.8) is 0 Å². The first-order valence-electron chi connectivity index (χ1n) is 20.2. The van der Waals surface area contributed by atoms with E-state index < -0.39 is 13.9 Å². The van der Waals surface area contributed by atoms with Gasteiger partial charge in [0.25, 0.3) is 0 Å². The van der Waals surface area contributed by atoms with Crippen LogP contribution in [0.15, 0.2) is 12.3 Å². The molecule has 0 aliphatic heterocycles. The summed E-state index contributed by atoms with van der Waals surface area (Å²) < 4.78 is 33.1. The second kappa shape index (κ2) is 37.3. The van der Waals surface area contributed by atoms with E-state index in [4.69, 9.17) is 24.3 Å². The molecule has 1 unspecified atom stereocenters. The van der Waals surface area contributed by atoms with Crippen LogP contribution in [0.25, 0.3) is 0 Å². The number of hydrogen-bond donors (Lipinski definition) is 2. The molecule has 0 aromatic rings. The minimum Gasteiger partial charge on any atom is -0.492 e. The lowest BCUT2D eigenvalue weighted by Gasteiger charge is -2.19. The van der Waals surface area contributed by atoms with Crippen molar-refractivity contribution in [3.05, 3.63) is 12.3 Å². The molecule has 0 amide bonds. The standard InChI is InChI=1S/C39H78NO7P/c1-3-5-7-9-11-13-15-17-19-20-22-24-26-28-30-32-39(41)45-36-38(37-47-48(42,43)46-35-33-40)44-34-31-29-27-25-23-21-18-16-14-12-10-8-6-4-2/h31,34,38H,3-30,32-33,35-37,40H2,1-2H3,(H,42,43)/b34-31-/t38-/m1/s1. The number of phosphoric ester groups is 1. The molecule has 0 aromatic heterocycles. The molecule has 2 atom stereocenters. The Morgan fingerprint density at radius 2 is 1.04 bits per heavy atom. The summed E-state index contributed by atoms with van der Waals surface area (Å²) in [5.74, 6) is -0.287. The third kappa shape index (κ3) is 36.4. The van der Waals surface area contributed by atoms with Crippen molar-refractivity contribution in [2.24, 2.45) is 5.73 Å². The third-order valence-corrected chi connectivity index (χ3v) is 9.79. The fraction of sp³-hybridized carbons (Fsp3) is 0.923. The Kier molecular flexibility index (Phi) is 36.6. The fourth-order valence-corrected chi connectivity index (χ4v) is 6.51. The number of hydrogen-bond acceptors (Lipinski definition) is 7. The smallest absolute Gasteiger partial charge is 0.472 e. The van der Waals surface area contributed by atoms with Crippen LogP contribution in [-0.2, 0) is 27.9 Å². The van der Waals surface area contributed by atoms with Gasteiger partial charge in [-0.05, 0) is 25.3 Å². The van der Waals surface area contributed by atoms with Crippen LogP contribution < -0.4 is 5.73 Å². The van der Waals surface area contributed by atoms with Crippen molar-refractivity contribution >= 4 is 13.8 Å². The summed E-state index contributed by atoms with van der Waals surface area (Å²) in [4.78, 5) is 22.2. The SMILES string of the molecule is CCCCCCCCCCCCCC/C=C\O[C@H](COC(=O)CCCCCCCCCCCCCCCCC)COP(=O)(O)OCCN. The topological polar surface area (TPSA) is 117 Å². The summed E-state index contributed by atoms with van der Waals surface area (Å²) in [5.41, 5.74) is 5.35. The average molecular weight is 704 g/mol. The van der Waals surface area contributed by atoms with E-state index in [0.717, 1.165) is 32.1 Å². The van der Waals surface area contributed by atoms with Crippen LogP contribution in [0, 0.1) is 0 Å². The number of phosphoric acid groups is 1. The number of allylic oxidation sites excluding steroid dienone is 1. The van der Waals surface area contributed by atoms with Gasteiger partial charge in [-0.25, -0.2) is 4.57 Å². The van der Waals surface area contributed by atoms with Crippen molar-refractivity contribution in [1.82, 2.24) is 0 Å². The highest BCUT2D eigenvalue weighted by Crippen LogP contribution is 2.43. The minimum atomic E-state index is -4.26. The van der Waals surface area contributed by atoms with Gasteiger partial charge in [-0.15, -0.1) is 0 Å². The molecule has 0 saturated carbocycles. The molecular formula is C39H78NO7P. The van der Waals surface area contributed by atoms with Gasteiger partial charge >= 0.3 is 13.8 Å². The summed E-state index contributed by atoms with van der Waals surface area (Å²) in [6.07, 6.45) is 38.9. The molecule has 286 valence electrons. The third-order valence-electron chi connectivity index (χ3n) is 8.80. The molecule has 0 spiro atoms. The van der Waals surface area contributed by atoms with Gasteiger partial charge in [0.2, 0.25) is 0 Å². The predicted octanol–water partition coefficient (Wildman–Crippen LogP) is 11.9. The van der Waals surface area contributed by atoms with Crippen LogP contribution in [0.2, 0.25) is 0 Å². The molecule has 48 heavy (non-hydrogen) atoms. The van der Waals surface area contributed by atoms with Gasteiger partial charge in [-0.2, -0.15) is 0 Å². The summed E-state index contributed by atoms with van der Waals surface area (Å²) in [6.45, 7) is 4.24. The molecule has 9 heteroatoms. The number of rotatable bonds is 39. The Balaban J connectivity index is 4.07. The molecule has 0 fully saturated rings. The first kappa shape index (κ1) is 47.1. The predicted molar refractivity (Wildman–Crippen MR) is 201 cm³/mol. The van der Waals surface area contributed by atoms with Gasteiger partial charge in [0.05, 0.1) is 19.5 Å². The molecule has 0 aromatic carbocycles. The Hall–Kier alpha value is -0.920. The molecule has 0 heterocycles. The molecule has 0 bridgehead atoms. The van der Waals surface area contributed by atoms with Crippen LogP contribution in [0.4, 0.5) is 0 Å². The normalized spacial score (nSPS) is 13.6. The van der Waals surface area contributed by atoms with Crippen LogP contribution in [0.3, 0.4) is 0 Å². The van der Waals surface area contributed by atoms with Crippen molar-refractivity contribution in [3.8, 4) is 0 Å². The van der Waals surface area contributed by atoms with Gasteiger partial charge in [-0.1, -0.05) is 174 Å². The fourth-order valence-electron chi connectivity index (χ4n) is 5.75. The number of ether oxygens (including phenoxy) is 2. The molecule has 0 aliphatic carbocycles. The van der Waals surface area contributed by atoms with Crippen LogP contribution >= 0.6 is 7.82 Å². The number of esters is 1. The zero-order chi connectivity index (χ0) is 35.2. The Labute approximate surface area is 296 Å². The molecule has 0 saturated heterocycles. The maximum atomic E-state index is 12.4. The van der Waals surface area contributed by atoms with Crippen molar-refractivity contribution in [1.29, 1.82) is 0 Å². The summed E-state index contributed by atoms with van der Waals surface area (Å²) >= 11 is 0. The zero-order valence-electron chi connectivity index (χ0n) is 31.5. The number of carbonyl (C=O) groups is 1. The summed E-state index contributed by atoms with van der Waals surface area (Å²) in [7, 11) is -4.26. The molecule has 8 nitrogen and oxygen atoms in total. The highest BCUT2D eigenvalue weighted by atomic mass is 31.2. The van der Waals surface area contributed by atoms with Gasteiger partial charge in [0.15, 0.2) is 6.10 Å². The highest BCUT2D eigenvalue weighted by Gasteiger charge is 2.24. The second-order valence-electron chi connectivity index (χ2n) is 13.6. The van der Waals surface area contributed by atoms with E-state index in [2.05, 4.69) is 13.8 Å². The van der Waals surface area contributed by atoms with Gasteiger partial charge in [-0.3, -0.25) is 13.8 Å². The van der Waals surface area contributed by atoms with E-state index >= 15 is 0 Å². The van der Waals surface area contributed by atoms with E-state index in [0.29, 0.717) is 6.42 Å². The van der Waals surface area contributed by atoms with E-state index in [1.54, 1.807) is 6.26 Å². The second-order valence-corrected chi connectivity index (χ2v) is 15.0. The van der Waals surface area contributed by atoms with Crippen LogP contribution in [-0.4, -0.2) is 43.3 Å². The maximum Gasteiger partial charge on any atom is 0.472 e. The van der Waals surface area contributed by atoms with E-state index in [1.807, 2.05) is 6.08 Å². The lowest BCUT2D eigenvalue weighted by Crippen LogP contribution is -2.25. The Morgan fingerprint density at radius 3 is 1.48 bits per heavy atom. The van der Waals surface area contributed by atoms with E-state index in [-0.39, 0.29) is 32.3 Å². The molecule has 0 radical (unpaired) electrons. The van der Waals surface area contributed by atoms with Crippen molar-refractivity contribution in [2.45, 2.75) is 206 Å². The Bertz CT molecular complexity index is 752. The number of nitrogens with two attached hydrogens (primary N) is 1. The van der Waals surface area contributed by atoms with Crippen LogP contribution in [0.5, 0.6) is 0 Å². The highest BCUT2D eigenvalue weighted by molar-refractivity contribution is 7.47. The summed E-state index contributed by atoms with van der Waals surface area (Å²) in [6, 6.07) is 0. The first-order valence-corrected chi connectivity index (χ1v) is 21.7. The van der Waals surface area contributed by atoms with Crippen LogP contribution in [0.1, 0.15) is 200 Å². The lowest BCUT2D eigenvalue weighted by atomic mass is 10.0. The van der Waals surface area contributed by atoms with Gasteiger partial charge in [0, 0.05) is 13.0 Å². The summed E-state index contributed by atoms with van der Waals surface area (Å²) in [5, 5.41) is 0. The number of carbonyl (C=O) groups excluding carboxylic acids is 1. The number of unbranched alkanes of at least 4 members (excludes halogenated alkanes) is 26. The Morgan fingerprint density at radius 1 is 0.625 bits per heavy atom. The monoisotopic (exact) mass is 704 g/mol. The minimum absolute atomic E-state index is 0.0581. The molecule has 0 aliphatic rings. The molecular weight excluding hydrogens is 625 g/mol. The quantitative estimate of drug-likeness (QED) is 0.0281. The zero-order valence-corrected chi connectivity index (χ0v) is 32.4. The van der Waals surface area contributed by atoms with Gasteiger partial charge < -0.3 is 20.1 Å². The lowest BCUT2D eigenvalue weighted by molar-refractivity contribution is -0.147.